The number of hydrogen-bond donors (Lipinski definition) is 1. The molecule has 3 rings (SSSR count). The Hall–Kier alpha value is -1.62. The number of rotatable bonds is 4. The molecule has 1 aromatic heterocycles. The van der Waals surface area contributed by atoms with Crippen LogP contribution >= 0.6 is 0 Å². The maximum atomic E-state index is 12.7. The third-order valence-corrected chi connectivity index (χ3v) is 5.26. The summed E-state index contributed by atoms with van der Waals surface area (Å²) < 4.78 is 0. The Morgan fingerprint density at radius 2 is 2.00 bits per heavy atom. The van der Waals surface area contributed by atoms with Crippen molar-refractivity contribution in [2.24, 2.45) is 5.41 Å². The van der Waals surface area contributed by atoms with Gasteiger partial charge in [0.2, 0.25) is 0 Å². The highest BCUT2D eigenvalue weighted by atomic mass is 16.2. The molecular formula is C20H32N4O. The molecule has 2 aliphatic heterocycles. The summed E-state index contributed by atoms with van der Waals surface area (Å²) in [7, 11) is 0. The molecule has 5 heteroatoms. The topological polar surface area (TPSA) is 48.5 Å². The predicted octanol–water partition coefficient (Wildman–Crippen LogP) is 3.44. The van der Waals surface area contributed by atoms with E-state index in [1.807, 2.05) is 17.2 Å². The lowest BCUT2D eigenvalue weighted by Gasteiger charge is -2.47. The lowest BCUT2D eigenvalue weighted by atomic mass is 9.86. The molecule has 5 nitrogen and oxygen atoms in total. The third-order valence-electron chi connectivity index (χ3n) is 5.26. The van der Waals surface area contributed by atoms with E-state index in [1.165, 1.54) is 32.4 Å². The third kappa shape index (κ3) is 4.94. The number of urea groups is 1. The number of nitrogens with one attached hydrogen (secondary N) is 1. The molecule has 0 radical (unpaired) electrons. The van der Waals surface area contributed by atoms with Gasteiger partial charge in [-0.1, -0.05) is 33.3 Å². The van der Waals surface area contributed by atoms with Gasteiger partial charge in [0.15, 0.2) is 0 Å². The Labute approximate surface area is 151 Å². The van der Waals surface area contributed by atoms with Gasteiger partial charge in [-0.05, 0) is 49.4 Å². The highest BCUT2D eigenvalue weighted by Gasteiger charge is 2.36. The van der Waals surface area contributed by atoms with Crippen LogP contribution in [0.1, 0.15) is 58.1 Å². The van der Waals surface area contributed by atoms with Gasteiger partial charge in [-0.3, -0.25) is 9.88 Å². The molecule has 0 saturated carbocycles. The Kier molecular flexibility index (Phi) is 5.62. The minimum absolute atomic E-state index is 0.00948. The summed E-state index contributed by atoms with van der Waals surface area (Å²) in [5.41, 5.74) is 1.22. The number of likely N-dealkylation sites (tertiary alicyclic amines) is 2. The molecule has 138 valence electrons. The van der Waals surface area contributed by atoms with Crippen LogP contribution in [-0.4, -0.2) is 53.0 Å². The molecule has 0 aliphatic carbocycles. The molecule has 0 aromatic carbocycles. The van der Waals surface area contributed by atoms with Gasteiger partial charge in [-0.2, -0.15) is 0 Å². The Morgan fingerprint density at radius 1 is 1.28 bits per heavy atom. The van der Waals surface area contributed by atoms with Crippen molar-refractivity contribution < 1.29 is 4.79 Å². The molecule has 25 heavy (non-hydrogen) atoms. The number of hydrogen-bond acceptors (Lipinski definition) is 3. The second-order valence-corrected chi connectivity index (χ2v) is 8.71. The molecule has 2 amide bonds. The van der Waals surface area contributed by atoms with Crippen LogP contribution in [-0.2, 0) is 0 Å². The van der Waals surface area contributed by atoms with E-state index in [4.69, 9.17) is 0 Å². The van der Waals surface area contributed by atoms with Crippen molar-refractivity contribution in [3.05, 3.63) is 30.1 Å². The molecule has 2 aliphatic rings. The number of carbonyl (C=O) groups excluding carboxylic acids is 1. The quantitative estimate of drug-likeness (QED) is 0.910. The second-order valence-electron chi connectivity index (χ2n) is 8.71. The first-order valence-corrected chi connectivity index (χ1v) is 9.62. The molecule has 1 atom stereocenters. The Bertz CT molecular complexity index is 557. The molecule has 0 spiro atoms. The molecule has 0 bridgehead atoms. The summed E-state index contributed by atoms with van der Waals surface area (Å²) >= 11 is 0. The smallest absolute Gasteiger partial charge is 0.317 e. The fourth-order valence-corrected chi connectivity index (χ4v) is 3.82. The number of aromatic nitrogens is 1. The summed E-state index contributed by atoms with van der Waals surface area (Å²) in [6.07, 6.45) is 8.50. The molecule has 3 heterocycles. The van der Waals surface area contributed by atoms with Crippen molar-refractivity contribution >= 4 is 6.03 Å². The summed E-state index contributed by atoms with van der Waals surface area (Å²) in [5, 5.41) is 3.24. The zero-order valence-corrected chi connectivity index (χ0v) is 15.9. The molecule has 0 unspecified atom stereocenters. The molecule has 2 fully saturated rings. The first-order chi connectivity index (χ1) is 11.9. The van der Waals surface area contributed by atoms with Crippen LogP contribution in [0.2, 0.25) is 0 Å². The van der Waals surface area contributed by atoms with Gasteiger partial charge in [0.25, 0.3) is 0 Å². The number of carbonyl (C=O) groups is 1. The SMILES string of the molecule is CC(C)(C)C[C@H](NC(=O)N1CC(N2CCCCC2)C1)c1cccnc1. The number of amides is 2. The maximum Gasteiger partial charge on any atom is 0.317 e. The lowest BCUT2D eigenvalue weighted by molar-refractivity contribution is 0.0437. The number of nitrogens with zero attached hydrogens (tertiary/aromatic N) is 3. The highest BCUT2D eigenvalue weighted by Crippen LogP contribution is 2.29. The first-order valence-electron chi connectivity index (χ1n) is 9.62. The molecule has 1 N–H and O–H groups in total. The van der Waals surface area contributed by atoms with Crippen molar-refractivity contribution in [1.82, 2.24) is 20.1 Å². The summed E-state index contributed by atoms with van der Waals surface area (Å²) in [6.45, 7) is 10.7. The normalized spacial score (nSPS) is 20.8. The van der Waals surface area contributed by atoms with Crippen molar-refractivity contribution in [3.63, 3.8) is 0 Å². The maximum absolute atomic E-state index is 12.7. The van der Waals surface area contributed by atoms with Gasteiger partial charge in [0, 0.05) is 31.5 Å². The minimum Gasteiger partial charge on any atom is -0.331 e. The van der Waals surface area contributed by atoms with Crippen LogP contribution < -0.4 is 5.32 Å². The minimum atomic E-state index is 0.00948. The van der Waals surface area contributed by atoms with E-state index in [0.29, 0.717) is 6.04 Å². The van der Waals surface area contributed by atoms with Crippen LogP contribution in [0.15, 0.2) is 24.5 Å². The first kappa shape index (κ1) is 18.2. The van der Waals surface area contributed by atoms with Crippen molar-refractivity contribution in [2.45, 2.75) is 58.5 Å². The van der Waals surface area contributed by atoms with Gasteiger partial charge in [-0.15, -0.1) is 0 Å². The largest absolute Gasteiger partial charge is 0.331 e. The van der Waals surface area contributed by atoms with E-state index in [0.717, 1.165) is 25.1 Å². The zero-order valence-electron chi connectivity index (χ0n) is 15.9. The van der Waals surface area contributed by atoms with Gasteiger partial charge in [0.1, 0.15) is 0 Å². The fraction of sp³-hybridized carbons (Fsp3) is 0.700. The number of pyridine rings is 1. The summed E-state index contributed by atoms with van der Waals surface area (Å²) in [5.74, 6) is 0. The van der Waals surface area contributed by atoms with E-state index in [2.05, 4.69) is 42.0 Å². The van der Waals surface area contributed by atoms with Crippen LogP contribution in [0.5, 0.6) is 0 Å². The van der Waals surface area contributed by atoms with Crippen molar-refractivity contribution in [1.29, 1.82) is 0 Å². The van der Waals surface area contributed by atoms with Gasteiger partial charge in [-0.25, -0.2) is 4.79 Å². The van der Waals surface area contributed by atoms with Gasteiger partial charge >= 0.3 is 6.03 Å². The van der Waals surface area contributed by atoms with E-state index < -0.39 is 0 Å². The average Bonchev–Trinajstić information content (AvgIpc) is 2.53. The van der Waals surface area contributed by atoms with Crippen LogP contribution in [0.4, 0.5) is 4.79 Å². The van der Waals surface area contributed by atoms with Crippen LogP contribution in [0.25, 0.3) is 0 Å². The van der Waals surface area contributed by atoms with E-state index in [1.54, 1.807) is 6.20 Å². The standard InChI is InChI=1S/C20H32N4O/c1-20(2,3)12-18(16-8-7-9-21-13-16)22-19(25)24-14-17(15-24)23-10-5-4-6-11-23/h7-9,13,17-18H,4-6,10-12,14-15H2,1-3H3,(H,22,25)/t18-/m0/s1. The fourth-order valence-electron chi connectivity index (χ4n) is 3.82. The summed E-state index contributed by atoms with van der Waals surface area (Å²) in [6, 6.07) is 4.62. The Balaban J connectivity index is 1.56. The van der Waals surface area contributed by atoms with Crippen molar-refractivity contribution in [2.75, 3.05) is 26.2 Å². The molecule has 2 saturated heterocycles. The predicted molar refractivity (Wildman–Crippen MR) is 100 cm³/mol. The molecular weight excluding hydrogens is 312 g/mol. The monoisotopic (exact) mass is 344 g/mol. The Morgan fingerprint density at radius 3 is 2.60 bits per heavy atom. The zero-order chi connectivity index (χ0) is 17.9. The summed E-state index contributed by atoms with van der Waals surface area (Å²) in [4.78, 5) is 21.4. The van der Waals surface area contributed by atoms with Crippen molar-refractivity contribution in [3.8, 4) is 0 Å². The molecule has 1 aromatic rings. The van der Waals surface area contributed by atoms with Crippen LogP contribution in [0.3, 0.4) is 0 Å². The van der Waals surface area contributed by atoms with Crippen LogP contribution in [0, 0.1) is 5.41 Å². The van der Waals surface area contributed by atoms with E-state index in [-0.39, 0.29) is 17.5 Å². The highest BCUT2D eigenvalue weighted by molar-refractivity contribution is 5.75. The van der Waals surface area contributed by atoms with Gasteiger partial charge in [0.05, 0.1) is 6.04 Å². The van der Waals surface area contributed by atoms with E-state index in [9.17, 15) is 4.79 Å². The van der Waals surface area contributed by atoms with E-state index >= 15 is 0 Å². The second kappa shape index (κ2) is 7.73. The average molecular weight is 345 g/mol. The lowest BCUT2D eigenvalue weighted by Crippen LogP contribution is -2.63. The van der Waals surface area contributed by atoms with Gasteiger partial charge < -0.3 is 10.2 Å². The number of piperidine rings is 1.